The molecule has 0 rings (SSSR count). The lowest BCUT2D eigenvalue weighted by atomic mass is 10.1. The number of hydrogen-bond acceptors (Lipinski definition) is 3. The molecule has 5 nitrogen and oxygen atoms in total. The second kappa shape index (κ2) is 7.22. The standard InChI is InChI=1S/C11H22N2O3/c1-8(11(16)12-3)7-13(4)10(15)6-5-9(2)14/h8-9,14H,5-7H2,1-4H3,(H,12,16). The van der Waals surface area contributed by atoms with E-state index in [9.17, 15) is 9.59 Å². The summed E-state index contributed by atoms with van der Waals surface area (Å²) in [6, 6.07) is 0. The van der Waals surface area contributed by atoms with Crippen LogP contribution in [-0.2, 0) is 9.59 Å². The highest BCUT2D eigenvalue weighted by Crippen LogP contribution is 2.03. The van der Waals surface area contributed by atoms with Gasteiger partial charge in [-0.05, 0) is 13.3 Å². The number of nitrogens with one attached hydrogen (secondary N) is 1. The minimum absolute atomic E-state index is 0.0448. The average molecular weight is 230 g/mol. The molecule has 0 spiro atoms. The molecule has 2 N–H and O–H groups in total. The second-order valence-electron chi connectivity index (χ2n) is 4.18. The van der Waals surface area contributed by atoms with Gasteiger partial charge in [-0.2, -0.15) is 0 Å². The van der Waals surface area contributed by atoms with Crippen LogP contribution in [0.5, 0.6) is 0 Å². The number of rotatable bonds is 6. The summed E-state index contributed by atoms with van der Waals surface area (Å²) < 4.78 is 0. The van der Waals surface area contributed by atoms with Crippen LogP contribution in [0.15, 0.2) is 0 Å². The first-order chi connectivity index (χ1) is 7.38. The summed E-state index contributed by atoms with van der Waals surface area (Å²) in [5.41, 5.74) is 0. The first kappa shape index (κ1) is 14.9. The van der Waals surface area contributed by atoms with Gasteiger partial charge in [0.05, 0.1) is 12.0 Å². The van der Waals surface area contributed by atoms with Gasteiger partial charge in [-0.3, -0.25) is 9.59 Å². The molecule has 0 aromatic carbocycles. The lowest BCUT2D eigenvalue weighted by Gasteiger charge is -2.21. The molecule has 0 radical (unpaired) electrons. The Hall–Kier alpha value is -1.10. The molecule has 2 unspecified atom stereocenters. The number of carbonyl (C=O) groups excluding carboxylic acids is 2. The van der Waals surface area contributed by atoms with Crippen LogP contribution in [0.2, 0.25) is 0 Å². The predicted octanol–water partition coefficient (Wildman–Crippen LogP) is -0.0121. The van der Waals surface area contributed by atoms with Crippen LogP contribution in [0, 0.1) is 5.92 Å². The molecule has 0 aliphatic rings. The van der Waals surface area contributed by atoms with E-state index in [1.165, 1.54) is 4.90 Å². The average Bonchev–Trinajstić information content (AvgIpc) is 2.24. The Labute approximate surface area is 96.8 Å². The smallest absolute Gasteiger partial charge is 0.224 e. The Kier molecular flexibility index (Phi) is 6.72. The van der Waals surface area contributed by atoms with E-state index in [2.05, 4.69) is 5.32 Å². The summed E-state index contributed by atoms with van der Waals surface area (Å²) in [6.07, 6.45) is 0.306. The van der Waals surface area contributed by atoms with E-state index in [0.29, 0.717) is 19.4 Å². The number of carbonyl (C=O) groups is 2. The van der Waals surface area contributed by atoms with Crippen molar-refractivity contribution >= 4 is 11.8 Å². The van der Waals surface area contributed by atoms with Crippen LogP contribution >= 0.6 is 0 Å². The van der Waals surface area contributed by atoms with E-state index < -0.39 is 6.10 Å². The van der Waals surface area contributed by atoms with Crippen molar-refractivity contribution in [3.63, 3.8) is 0 Å². The van der Waals surface area contributed by atoms with Crippen LogP contribution in [0.3, 0.4) is 0 Å². The molecule has 94 valence electrons. The first-order valence-corrected chi connectivity index (χ1v) is 5.52. The van der Waals surface area contributed by atoms with E-state index in [4.69, 9.17) is 5.11 Å². The lowest BCUT2D eigenvalue weighted by molar-refractivity contribution is -0.132. The van der Waals surface area contributed by atoms with Gasteiger partial charge in [0.15, 0.2) is 0 Å². The molecular weight excluding hydrogens is 208 g/mol. The Morgan fingerprint density at radius 2 is 1.94 bits per heavy atom. The summed E-state index contributed by atoms with van der Waals surface area (Å²) in [5.74, 6) is -0.336. The monoisotopic (exact) mass is 230 g/mol. The summed E-state index contributed by atoms with van der Waals surface area (Å²) >= 11 is 0. The van der Waals surface area contributed by atoms with Crippen molar-refractivity contribution in [1.29, 1.82) is 0 Å². The van der Waals surface area contributed by atoms with Crippen molar-refractivity contribution in [3.05, 3.63) is 0 Å². The fourth-order valence-corrected chi connectivity index (χ4v) is 1.37. The maximum absolute atomic E-state index is 11.6. The zero-order valence-corrected chi connectivity index (χ0v) is 10.5. The topological polar surface area (TPSA) is 69.6 Å². The highest BCUT2D eigenvalue weighted by atomic mass is 16.3. The number of nitrogens with zero attached hydrogens (tertiary/aromatic N) is 1. The van der Waals surface area contributed by atoms with Gasteiger partial charge >= 0.3 is 0 Å². The number of aliphatic hydroxyl groups excluding tert-OH is 1. The third-order valence-corrected chi connectivity index (χ3v) is 2.44. The Morgan fingerprint density at radius 1 is 1.38 bits per heavy atom. The summed E-state index contributed by atoms with van der Waals surface area (Å²) in [6.45, 7) is 3.83. The fraction of sp³-hybridized carbons (Fsp3) is 0.818. The van der Waals surface area contributed by atoms with Gasteiger partial charge in [-0.25, -0.2) is 0 Å². The molecule has 0 fully saturated rings. The van der Waals surface area contributed by atoms with Gasteiger partial charge in [0.1, 0.15) is 0 Å². The zero-order valence-electron chi connectivity index (χ0n) is 10.5. The van der Waals surface area contributed by atoms with Crippen molar-refractivity contribution < 1.29 is 14.7 Å². The molecule has 0 heterocycles. The number of amides is 2. The molecule has 16 heavy (non-hydrogen) atoms. The van der Waals surface area contributed by atoms with Gasteiger partial charge in [-0.1, -0.05) is 6.92 Å². The Morgan fingerprint density at radius 3 is 2.38 bits per heavy atom. The Bertz CT molecular complexity index is 241. The van der Waals surface area contributed by atoms with Crippen molar-refractivity contribution in [2.24, 2.45) is 5.92 Å². The predicted molar refractivity (Wildman–Crippen MR) is 61.8 cm³/mol. The fourth-order valence-electron chi connectivity index (χ4n) is 1.37. The molecule has 2 atom stereocenters. The summed E-state index contributed by atoms with van der Waals surface area (Å²) in [4.78, 5) is 24.4. The third-order valence-electron chi connectivity index (χ3n) is 2.44. The van der Waals surface area contributed by atoms with Crippen LogP contribution in [-0.4, -0.2) is 48.6 Å². The van der Waals surface area contributed by atoms with Crippen molar-refractivity contribution in [1.82, 2.24) is 10.2 Å². The first-order valence-electron chi connectivity index (χ1n) is 5.52. The molecule has 0 aromatic heterocycles. The van der Waals surface area contributed by atoms with Gasteiger partial charge in [0.25, 0.3) is 0 Å². The van der Waals surface area contributed by atoms with Crippen molar-refractivity contribution in [2.45, 2.75) is 32.8 Å². The van der Waals surface area contributed by atoms with E-state index in [1.54, 1.807) is 27.9 Å². The summed E-state index contributed by atoms with van der Waals surface area (Å²) in [5, 5.41) is 11.6. The molecule has 0 aromatic rings. The van der Waals surface area contributed by atoms with Crippen LogP contribution in [0.1, 0.15) is 26.7 Å². The maximum atomic E-state index is 11.6. The zero-order chi connectivity index (χ0) is 12.7. The number of hydrogen-bond donors (Lipinski definition) is 2. The third kappa shape index (κ3) is 5.70. The van der Waals surface area contributed by atoms with E-state index in [-0.39, 0.29) is 17.7 Å². The molecule has 2 amide bonds. The maximum Gasteiger partial charge on any atom is 0.224 e. The molecule has 0 aliphatic carbocycles. The quantitative estimate of drug-likeness (QED) is 0.674. The lowest BCUT2D eigenvalue weighted by Crippen LogP contribution is -2.37. The van der Waals surface area contributed by atoms with Gasteiger partial charge in [0, 0.05) is 27.1 Å². The second-order valence-corrected chi connectivity index (χ2v) is 4.18. The van der Waals surface area contributed by atoms with E-state index >= 15 is 0 Å². The Balaban J connectivity index is 4.00. The van der Waals surface area contributed by atoms with E-state index in [0.717, 1.165) is 0 Å². The van der Waals surface area contributed by atoms with Crippen molar-refractivity contribution in [3.8, 4) is 0 Å². The molecule has 0 bridgehead atoms. The van der Waals surface area contributed by atoms with Gasteiger partial charge in [0.2, 0.25) is 11.8 Å². The van der Waals surface area contributed by atoms with Gasteiger partial charge < -0.3 is 15.3 Å². The van der Waals surface area contributed by atoms with Crippen LogP contribution in [0.25, 0.3) is 0 Å². The summed E-state index contributed by atoms with van der Waals surface area (Å²) in [7, 11) is 3.25. The van der Waals surface area contributed by atoms with Gasteiger partial charge in [-0.15, -0.1) is 0 Å². The normalized spacial score (nSPS) is 14.1. The van der Waals surface area contributed by atoms with E-state index in [1.807, 2.05) is 0 Å². The molecule has 0 saturated carbocycles. The minimum Gasteiger partial charge on any atom is -0.393 e. The minimum atomic E-state index is -0.464. The highest BCUT2D eigenvalue weighted by molar-refractivity contribution is 5.80. The molecule has 0 aliphatic heterocycles. The highest BCUT2D eigenvalue weighted by Gasteiger charge is 2.17. The van der Waals surface area contributed by atoms with Crippen LogP contribution < -0.4 is 5.32 Å². The molecular formula is C11H22N2O3. The number of aliphatic hydroxyl groups is 1. The molecule has 5 heteroatoms. The SMILES string of the molecule is CNC(=O)C(C)CN(C)C(=O)CCC(C)O. The van der Waals surface area contributed by atoms with Crippen molar-refractivity contribution in [2.75, 3.05) is 20.6 Å². The van der Waals surface area contributed by atoms with Crippen LogP contribution in [0.4, 0.5) is 0 Å². The largest absolute Gasteiger partial charge is 0.393 e. The molecule has 0 saturated heterocycles.